The van der Waals surface area contributed by atoms with Gasteiger partial charge in [-0.3, -0.25) is 4.79 Å². The van der Waals surface area contributed by atoms with Crippen molar-refractivity contribution in [2.24, 2.45) is 0 Å². The number of nitrogens with zero attached hydrogens (tertiary/aromatic N) is 1. The molecule has 0 spiro atoms. The minimum absolute atomic E-state index is 0.0186. The van der Waals surface area contributed by atoms with Crippen molar-refractivity contribution >= 4 is 5.91 Å². The summed E-state index contributed by atoms with van der Waals surface area (Å²) in [6.45, 7) is 8.91. The quantitative estimate of drug-likeness (QED) is 0.810. The average Bonchev–Trinajstić information content (AvgIpc) is 2.36. The molecule has 100 valence electrons. The van der Waals surface area contributed by atoms with Crippen LogP contribution in [0, 0.1) is 0 Å². The van der Waals surface area contributed by atoms with Crippen LogP contribution in [0.2, 0.25) is 0 Å². The topological polar surface area (TPSA) is 52.6 Å². The van der Waals surface area contributed by atoms with Gasteiger partial charge in [-0.15, -0.1) is 0 Å². The van der Waals surface area contributed by atoms with Crippen molar-refractivity contribution in [3.05, 3.63) is 29.8 Å². The Morgan fingerprint density at radius 1 is 1.33 bits per heavy atom. The molecule has 4 nitrogen and oxygen atoms in total. The van der Waals surface area contributed by atoms with E-state index in [4.69, 9.17) is 0 Å². The SMILES string of the molecule is CCN(CC)CC(C)NC(=O)c1ccccc1O. The fourth-order valence-corrected chi connectivity index (χ4v) is 1.88. The lowest BCUT2D eigenvalue weighted by molar-refractivity contribution is 0.0927. The summed E-state index contributed by atoms with van der Waals surface area (Å²) < 4.78 is 0. The lowest BCUT2D eigenvalue weighted by Gasteiger charge is -2.23. The molecule has 1 aromatic rings. The number of aromatic hydroxyl groups is 1. The van der Waals surface area contributed by atoms with Crippen LogP contribution in [0.3, 0.4) is 0 Å². The highest BCUT2D eigenvalue weighted by Gasteiger charge is 2.14. The first kappa shape index (κ1) is 14.5. The summed E-state index contributed by atoms with van der Waals surface area (Å²) in [6.07, 6.45) is 0. The van der Waals surface area contributed by atoms with Crippen LogP contribution in [0.15, 0.2) is 24.3 Å². The lowest BCUT2D eigenvalue weighted by atomic mass is 10.1. The van der Waals surface area contributed by atoms with E-state index in [1.54, 1.807) is 18.2 Å². The molecule has 0 heterocycles. The second-order valence-corrected chi connectivity index (χ2v) is 4.38. The molecule has 4 heteroatoms. The summed E-state index contributed by atoms with van der Waals surface area (Å²) >= 11 is 0. The minimum atomic E-state index is -0.229. The van der Waals surface area contributed by atoms with Crippen LogP contribution in [0.5, 0.6) is 5.75 Å². The predicted molar refractivity (Wildman–Crippen MR) is 72.8 cm³/mol. The number of rotatable bonds is 6. The van der Waals surface area contributed by atoms with Crippen LogP contribution in [0.25, 0.3) is 0 Å². The van der Waals surface area contributed by atoms with E-state index in [0.717, 1.165) is 19.6 Å². The Kier molecular flexibility index (Phi) is 5.65. The summed E-state index contributed by atoms with van der Waals surface area (Å²) in [5.74, 6) is -0.210. The third kappa shape index (κ3) is 4.04. The molecular weight excluding hydrogens is 228 g/mol. The fourth-order valence-electron chi connectivity index (χ4n) is 1.88. The van der Waals surface area contributed by atoms with Gasteiger partial charge in [-0.05, 0) is 32.1 Å². The van der Waals surface area contributed by atoms with Crippen LogP contribution in [-0.4, -0.2) is 41.6 Å². The zero-order chi connectivity index (χ0) is 13.5. The van der Waals surface area contributed by atoms with E-state index in [9.17, 15) is 9.90 Å². The third-order valence-electron chi connectivity index (χ3n) is 2.95. The molecule has 1 atom stereocenters. The molecule has 1 aromatic carbocycles. The van der Waals surface area contributed by atoms with E-state index in [0.29, 0.717) is 5.56 Å². The van der Waals surface area contributed by atoms with Gasteiger partial charge in [0.1, 0.15) is 5.75 Å². The maximum absolute atomic E-state index is 11.9. The molecule has 1 amide bonds. The van der Waals surface area contributed by atoms with Gasteiger partial charge in [0.15, 0.2) is 0 Å². The van der Waals surface area contributed by atoms with Gasteiger partial charge in [-0.1, -0.05) is 26.0 Å². The first-order chi connectivity index (χ1) is 8.58. The lowest BCUT2D eigenvalue weighted by Crippen LogP contribution is -2.41. The Balaban J connectivity index is 2.57. The van der Waals surface area contributed by atoms with Crippen molar-refractivity contribution in [3.63, 3.8) is 0 Å². The number of para-hydroxylation sites is 1. The first-order valence-electron chi connectivity index (χ1n) is 6.39. The molecule has 0 bridgehead atoms. The second kappa shape index (κ2) is 7.01. The van der Waals surface area contributed by atoms with Crippen LogP contribution in [0.1, 0.15) is 31.1 Å². The van der Waals surface area contributed by atoms with E-state index in [1.165, 1.54) is 6.07 Å². The normalized spacial score (nSPS) is 12.4. The molecule has 0 aromatic heterocycles. The molecule has 0 aliphatic carbocycles. The zero-order valence-electron chi connectivity index (χ0n) is 11.3. The molecular formula is C14H22N2O2. The molecule has 18 heavy (non-hydrogen) atoms. The van der Waals surface area contributed by atoms with E-state index < -0.39 is 0 Å². The van der Waals surface area contributed by atoms with E-state index in [2.05, 4.69) is 24.1 Å². The standard InChI is InChI=1S/C14H22N2O2/c1-4-16(5-2)10-11(3)15-14(18)12-8-6-7-9-13(12)17/h6-9,11,17H,4-5,10H2,1-3H3,(H,15,18). The van der Waals surface area contributed by atoms with Crippen molar-refractivity contribution in [3.8, 4) is 5.75 Å². The van der Waals surface area contributed by atoms with Gasteiger partial charge in [0, 0.05) is 12.6 Å². The molecule has 0 radical (unpaired) electrons. The average molecular weight is 250 g/mol. The van der Waals surface area contributed by atoms with Gasteiger partial charge >= 0.3 is 0 Å². The second-order valence-electron chi connectivity index (χ2n) is 4.38. The number of carbonyl (C=O) groups is 1. The van der Waals surface area contributed by atoms with Crippen LogP contribution in [-0.2, 0) is 0 Å². The zero-order valence-corrected chi connectivity index (χ0v) is 11.3. The van der Waals surface area contributed by atoms with Crippen molar-refractivity contribution in [1.82, 2.24) is 10.2 Å². The Morgan fingerprint density at radius 3 is 2.50 bits per heavy atom. The van der Waals surface area contributed by atoms with Gasteiger partial charge in [-0.25, -0.2) is 0 Å². The predicted octanol–water partition coefficient (Wildman–Crippen LogP) is 1.85. The van der Waals surface area contributed by atoms with Crippen LogP contribution < -0.4 is 5.32 Å². The highest BCUT2D eigenvalue weighted by molar-refractivity contribution is 5.96. The Morgan fingerprint density at radius 2 is 1.94 bits per heavy atom. The smallest absolute Gasteiger partial charge is 0.255 e. The number of hydrogen-bond donors (Lipinski definition) is 2. The number of phenols is 1. The third-order valence-corrected chi connectivity index (χ3v) is 2.95. The van der Waals surface area contributed by atoms with Crippen molar-refractivity contribution < 1.29 is 9.90 Å². The highest BCUT2D eigenvalue weighted by atomic mass is 16.3. The Labute approximate surface area is 109 Å². The molecule has 2 N–H and O–H groups in total. The molecule has 1 unspecified atom stereocenters. The minimum Gasteiger partial charge on any atom is -0.507 e. The van der Waals surface area contributed by atoms with Gasteiger partial charge < -0.3 is 15.3 Å². The molecule has 0 aliphatic heterocycles. The van der Waals surface area contributed by atoms with E-state index >= 15 is 0 Å². The number of nitrogens with one attached hydrogen (secondary N) is 1. The number of likely N-dealkylation sites (N-methyl/N-ethyl adjacent to an activating group) is 1. The van der Waals surface area contributed by atoms with Crippen LogP contribution in [0.4, 0.5) is 0 Å². The highest BCUT2D eigenvalue weighted by Crippen LogP contribution is 2.15. The summed E-state index contributed by atoms with van der Waals surface area (Å²) in [5.41, 5.74) is 0.323. The molecule has 0 aliphatic rings. The molecule has 0 saturated heterocycles. The number of carbonyl (C=O) groups excluding carboxylic acids is 1. The Bertz CT molecular complexity index is 389. The summed E-state index contributed by atoms with van der Waals surface area (Å²) in [6, 6.07) is 6.63. The van der Waals surface area contributed by atoms with Crippen molar-refractivity contribution in [2.45, 2.75) is 26.8 Å². The van der Waals surface area contributed by atoms with Gasteiger partial charge in [0.05, 0.1) is 5.56 Å². The maximum Gasteiger partial charge on any atom is 0.255 e. The van der Waals surface area contributed by atoms with E-state index in [-0.39, 0.29) is 17.7 Å². The number of phenolic OH excluding ortho intramolecular Hbond substituents is 1. The summed E-state index contributed by atoms with van der Waals surface area (Å²) in [5, 5.41) is 12.5. The number of benzene rings is 1. The maximum atomic E-state index is 11.9. The molecule has 1 rings (SSSR count). The largest absolute Gasteiger partial charge is 0.507 e. The van der Waals surface area contributed by atoms with Crippen molar-refractivity contribution in [2.75, 3.05) is 19.6 Å². The fraction of sp³-hybridized carbons (Fsp3) is 0.500. The number of amides is 1. The van der Waals surface area contributed by atoms with Gasteiger partial charge in [0.2, 0.25) is 0 Å². The van der Waals surface area contributed by atoms with Crippen LogP contribution >= 0.6 is 0 Å². The van der Waals surface area contributed by atoms with E-state index in [1.807, 2.05) is 6.92 Å². The Hall–Kier alpha value is -1.55. The molecule has 0 fully saturated rings. The van der Waals surface area contributed by atoms with Gasteiger partial charge in [-0.2, -0.15) is 0 Å². The molecule has 0 saturated carbocycles. The summed E-state index contributed by atoms with van der Waals surface area (Å²) in [7, 11) is 0. The van der Waals surface area contributed by atoms with Crippen molar-refractivity contribution in [1.29, 1.82) is 0 Å². The number of hydrogen-bond acceptors (Lipinski definition) is 3. The monoisotopic (exact) mass is 250 g/mol. The summed E-state index contributed by atoms with van der Waals surface area (Å²) in [4.78, 5) is 14.2. The first-order valence-corrected chi connectivity index (χ1v) is 6.39. The van der Waals surface area contributed by atoms with Gasteiger partial charge in [0.25, 0.3) is 5.91 Å².